The number of primary amides is 1. The van der Waals surface area contributed by atoms with E-state index in [-0.39, 0.29) is 24.2 Å². The Labute approximate surface area is 170 Å². The Balaban J connectivity index is 1.84. The van der Waals surface area contributed by atoms with Crippen molar-refractivity contribution in [1.29, 1.82) is 5.26 Å². The predicted molar refractivity (Wildman–Crippen MR) is 108 cm³/mol. The molecule has 154 valence electrons. The second-order valence-corrected chi connectivity index (χ2v) is 7.19. The average Bonchev–Trinajstić information content (AvgIpc) is 3.04. The average molecular weight is 397 g/mol. The van der Waals surface area contributed by atoms with E-state index in [1.165, 1.54) is 0 Å². The van der Waals surface area contributed by atoms with Crippen molar-refractivity contribution in [3.8, 4) is 6.07 Å². The predicted octanol–water partition coefficient (Wildman–Crippen LogP) is 1.84. The first-order valence-corrected chi connectivity index (χ1v) is 9.92. The topological polar surface area (TPSA) is 113 Å². The van der Waals surface area contributed by atoms with Crippen LogP contribution in [-0.2, 0) is 24.2 Å². The molecular weight excluding hydrogens is 370 g/mol. The molecule has 0 aliphatic carbocycles. The van der Waals surface area contributed by atoms with Gasteiger partial charge in [-0.3, -0.25) is 4.79 Å². The van der Waals surface area contributed by atoms with E-state index in [9.17, 15) is 14.9 Å². The normalized spacial score (nSPS) is 17.4. The van der Waals surface area contributed by atoms with Crippen molar-refractivity contribution in [3.63, 3.8) is 0 Å². The standard InChI is InChI=1S/C21H27N5O3/c1-2-3-4-5-6-17-16(13-22)19(20(23)27)18-14-25(9-10-26(17)18)21(28)24-15-7-11-29-12-8-15/h2-5,15H,6-12,14H2,1H3,(H2,23,27)(H,24,28)/b3-2-,5-4-. The summed E-state index contributed by atoms with van der Waals surface area (Å²) in [5.74, 6) is -0.638. The lowest BCUT2D eigenvalue weighted by Gasteiger charge is -2.32. The molecule has 29 heavy (non-hydrogen) atoms. The monoisotopic (exact) mass is 397 g/mol. The Bertz CT molecular complexity index is 872. The highest BCUT2D eigenvalue weighted by Crippen LogP contribution is 2.28. The number of ether oxygens (including phenoxy) is 1. The molecule has 1 aromatic rings. The van der Waals surface area contributed by atoms with Crippen LogP contribution in [0.1, 0.15) is 47.1 Å². The van der Waals surface area contributed by atoms with Gasteiger partial charge in [0, 0.05) is 44.5 Å². The summed E-state index contributed by atoms with van der Waals surface area (Å²) in [5.41, 5.74) is 7.55. The van der Waals surface area contributed by atoms with Gasteiger partial charge < -0.3 is 25.3 Å². The van der Waals surface area contributed by atoms with Gasteiger partial charge >= 0.3 is 6.03 Å². The third-order valence-corrected chi connectivity index (χ3v) is 5.36. The van der Waals surface area contributed by atoms with Crippen LogP contribution >= 0.6 is 0 Å². The van der Waals surface area contributed by atoms with Gasteiger partial charge in [-0.15, -0.1) is 0 Å². The van der Waals surface area contributed by atoms with Gasteiger partial charge in [-0.05, 0) is 19.8 Å². The lowest BCUT2D eigenvalue weighted by molar-refractivity contribution is 0.0773. The largest absolute Gasteiger partial charge is 0.381 e. The smallest absolute Gasteiger partial charge is 0.318 e. The molecule has 0 radical (unpaired) electrons. The molecule has 0 aromatic carbocycles. The fraction of sp³-hybridized carbons (Fsp3) is 0.476. The number of amides is 3. The minimum Gasteiger partial charge on any atom is -0.381 e. The van der Waals surface area contributed by atoms with Gasteiger partial charge in [-0.1, -0.05) is 24.3 Å². The zero-order chi connectivity index (χ0) is 20.8. The van der Waals surface area contributed by atoms with E-state index in [0.717, 1.165) is 18.5 Å². The molecule has 0 bridgehead atoms. The van der Waals surface area contributed by atoms with Crippen LogP contribution in [0.15, 0.2) is 24.3 Å². The molecule has 3 rings (SSSR count). The number of nitrogens with two attached hydrogens (primary N) is 1. The molecule has 1 aromatic heterocycles. The van der Waals surface area contributed by atoms with E-state index >= 15 is 0 Å². The van der Waals surface area contributed by atoms with Gasteiger partial charge in [0.05, 0.1) is 23.4 Å². The van der Waals surface area contributed by atoms with Crippen molar-refractivity contribution in [2.24, 2.45) is 5.73 Å². The molecule has 3 heterocycles. The minimum absolute atomic E-state index is 0.0996. The number of rotatable bonds is 5. The molecular formula is C21H27N5O3. The van der Waals surface area contributed by atoms with E-state index in [1.807, 2.05) is 35.8 Å². The zero-order valence-corrected chi connectivity index (χ0v) is 16.7. The third kappa shape index (κ3) is 4.51. The second kappa shape index (κ2) is 9.43. The van der Waals surface area contributed by atoms with Gasteiger partial charge in [0.2, 0.25) is 0 Å². The van der Waals surface area contributed by atoms with E-state index in [0.29, 0.717) is 44.0 Å². The summed E-state index contributed by atoms with van der Waals surface area (Å²) >= 11 is 0. The van der Waals surface area contributed by atoms with E-state index in [2.05, 4.69) is 11.4 Å². The summed E-state index contributed by atoms with van der Waals surface area (Å²) in [6, 6.07) is 2.09. The molecule has 0 spiro atoms. The number of fused-ring (bicyclic) bond motifs is 1. The highest BCUT2D eigenvalue weighted by atomic mass is 16.5. The summed E-state index contributed by atoms with van der Waals surface area (Å²) < 4.78 is 7.30. The number of nitrogens with zero attached hydrogens (tertiary/aromatic N) is 3. The van der Waals surface area contributed by atoms with Crippen molar-refractivity contribution in [1.82, 2.24) is 14.8 Å². The Hall–Kier alpha value is -3.05. The van der Waals surface area contributed by atoms with E-state index in [4.69, 9.17) is 10.5 Å². The van der Waals surface area contributed by atoms with Crippen LogP contribution in [-0.4, -0.2) is 47.2 Å². The highest BCUT2D eigenvalue weighted by Gasteiger charge is 2.31. The lowest BCUT2D eigenvalue weighted by Crippen LogP contribution is -2.49. The van der Waals surface area contributed by atoms with Crippen molar-refractivity contribution in [2.45, 2.75) is 45.3 Å². The zero-order valence-electron chi connectivity index (χ0n) is 16.7. The quantitative estimate of drug-likeness (QED) is 0.738. The number of nitriles is 1. The second-order valence-electron chi connectivity index (χ2n) is 7.19. The van der Waals surface area contributed by atoms with Crippen LogP contribution in [0.2, 0.25) is 0 Å². The van der Waals surface area contributed by atoms with Crippen LogP contribution in [0.5, 0.6) is 0 Å². The maximum atomic E-state index is 12.7. The molecule has 3 amide bonds. The van der Waals surface area contributed by atoms with Crippen LogP contribution in [0, 0.1) is 11.3 Å². The molecule has 8 nitrogen and oxygen atoms in total. The molecule has 1 saturated heterocycles. The van der Waals surface area contributed by atoms with E-state index in [1.54, 1.807) is 4.90 Å². The van der Waals surface area contributed by atoms with Gasteiger partial charge in [-0.2, -0.15) is 5.26 Å². The van der Waals surface area contributed by atoms with Gasteiger partial charge in [0.25, 0.3) is 5.91 Å². The van der Waals surface area contributed by atoms with Crippen LogP contribution in [0.3, 0.4) is 0 Å². The highest BCUT2D eigenvalue weighted by molar-refractivity contribution is 5.97. The SMILES string of the molecule is C/C=C\C=C/Cc1c(C#N)c(C(N)=O)c2n1CCN(C(=O)NC1CCOCC1)C2. The molecule has 1 fully saturated rings. The Kier molecular flexibility index (Phi) is 6.73. The number of hydrogen-bond acceptors (Lipinski definition) is 4. The van der Waals surface area contributed by atoms with Crippen LogP contribution in [0.25, 0.3) is 0 Å². The lowest BCUT2D eigenvalue weighted by atomic mass is 10.1. The molecule has 0 saturated carbocycles. The summed E-state index contributed by atoms with van der Waals surface area (Å²) in [4.78, 5) is 26.5. The maximum Gasteiger partial charge on any atom is 0.318 e. The molecule has 8 heteroatoms. The van der Waals surface area contributed by atoms with Crippen molar-refractivity contribution in [3.05, 3.63) is 46.8 Å². The van der Waals surface area contributed by atoms with Gasteiger partial charge in [0.1, 0.15) is 6.07 Å². The van der Waals surface area contributed by atoms with Crippen LogP contribution in [0.4, 0.5) is 4.79 Å². The van der Waals surface area contributed by atoms with Gasteiger partial charge in [0.15, 0.2) is 0 Å². The summed E-state index contributed by atoms with van der Waals surface area (Å²) in [6.07, 6.45) is 9.78. The van der Waals surface area contributed by atoms with Crippen LogP contribution < -0.4 is 11.1 Å². The van der Waals surface area contributed by atoms with Crippen molar-refractivity contribution < 1.29 is 14.3 Å². The fourth-order valence-electron chi connectivity index (χ4n) is 3.88. The summed E-state index contributed by atoms with van der Waals surface area (Å²) in [7, 11) is 0. The van der Waals surface area contributed by atoms with Crippen molar-refractivity contribution in [2.75, 3.05) is 19.8 Å². The summed E-state index contributed by atoms with van der Waals surface area (Å²) in [5, 5.41) is 12.7. The Morgan fingerprint density at radius 1 is 1.31 bits per heavy atom. The first-order valence-electron chi connectivity index (χ1n) is 9.92. The summed E-state index contributed by atoms with van der Waals surface area (Å²) in [6.45, 7) is 4.50. The maximum absolute atomic E-state index is 12.7. The number of carbonyl (C=O) groups excluding carboxylic acids is 2. The molecule has 0 unspecified atom stereocenters. The van der Waals surface area contributed by atoms with E-state index < -0.39 is 5.91 Å². The molecule has 2 aliphatic heterocycles. The number of urea groups is 1. The number of aromatic nitrogens is 1. The third-order valence-electron chi connectivity index (χ3n) is 5.36. The van der Waals surface area contributed by atoms with Gasteiger partial charge in [-0.25, -0.2) is 4.79 Å². The molecule has 3 N–H and O–H groups in total. The minimum atomic E-state index is -0.638. The fourth-order valence-corrected chi connectivity index (χ4v) is 3.88. The molecule has 0 atom stereocenters. The first kappa shape index (κ1) is 20.7. The Morgan fingerprint density at radius 3 is 2.72 bits per heavy atom. The number of hydrogen-bond donors (Lipinski definition) is 2. The Morgan fingerprint density at radius 2 is 2.07 bits per heavy atom. The van der Waals surface area contributed by atoms with Crippen molar-refractivity contribution >= 4 is 11.9 Å². The molecule has 2 aliphatic rings. The number of allylic oxidation sites excluding steroid dienone is 4. The number of carbonyl (C=O) groups is 2. The number of nitrogens with one attached hydrogen (secondary N) is 1. The first-order chi connectivity index (χ1) is 14.1.